The highest BCUT2D eigenvalue weighted by molar-refractivity contribution is 9.10. The maximum Gasteiger partial charge on any atom is 0.339 e. The quantitative estimate of drug-likeness (QED) is 0.612. The van der Waals surface area contributed by atoms with Gasteiger partial charge in [-0.25, -0.2) is 4.79 Å². The highest BCUT2D eigenvalue weighted by atomic mass is 79.9. The molecule has 1 saturated carbocycles. The summed E-state index contributed by atoms with van der Waals surface area (Å²) in [5.41, 5.74) is 5.35. The van der Waals surface area contributed by atoms with E-state index in [1.807, 2.05) is 20.8 Å². The van der Waals surface area contributed by atoms with Crippen molar-refractivity contribution in [2.24, 2.45) is 0 Å². The molecular formula is C22H29BrN2O3. The zero-order valence-corrected chi connectivity index (χ0v) is 19.1. The van der Waals surface area contributed by atoms with Crippen molar-refractivity contribution in [3.63, 3.8) is 0 Å². The number of benzene rings is 1. The zero-order chi connectivity index (χ0) is 20.4. The van der Waals surface area contributed by atoms with Gasteiger partial charge in [-0.3, -0.25) is 0 Å². The molecule has 28 heavy (non-hydrogen) atoms. The van der Waals surface area contributed by atoms with E-state index in [1.54, 1.807) is 0 Å². The number of nitrogens with zero attached hydrogens (tertiary/aromatic N) is 2. The van der Waals surface area contributed by atoms with Gasteiger partial charge in [0.15, 0.2) is 6.10 Å². The van der Waals surface area contributed by atoms with Crippen LogP contribution in [0, 0.1) is 6.92 Å². The maximum absolute atomic E-state index is 12.7. The number of carbonyl (C=O) groups excluding carboxylic acids is 1. The van der Waals surface area contributed by atoms with Crippen molar-refractivity contribution >= 4 is 38.5 Å². The lowest BCUT2D eigenvalue weighted by Crippen LogP contribution is -2.31. The standard InChI is InChI=1S/C22H29BrN2O3/c1-12-16(20(21(26)27-6)28-22(2,3)4)17(23)14-11-15(13-7-8-13)25-10-9-24(5)18(12)19(14)25/h11,13,20H,7-10H2,1-6H3/t20-/m0/s1. The molecule has 2 heterocycles. The Morgan fingerprint density at radius 1 is 1.29 bits per heavy atom. The van der Waals surface area contributed by atoms with Crippen LogP contribution in [0.1, 0.15) is 62.5 Å². The summed E-state index contributed by atoms with van der Waals surface area (Å²) in [6.45, 7) is 9.94. The molecule has 0 amide bonds. The molecule has 6 heteroatoms. The van der Waals surface area contributed by atoms with E-state index in [1.165, 1.54) is 36.8 Å². The molecule has 1 aromatic carbocycles. The third-order valence-corrected chi connectivity index (χ3v) is 6.62. The number of rotatable bonds is 4. The predicted octanol–water partition coefficient (Wildman–Crippen LogP) is 5.07. The van der Waals surface area contributed by atoms with Crippen molar-refractivity contribution in [3.8, 4) is 0 Å². The van der Waals surface area contributed by atoms with Crippen LogP contribution in [0.15, 0.2) is 10.5 Å². The first-order chi connectivity index (χ1) is 13.1. The van der Waals surface area contributed by atoms with Crippen molar-refractivity contribution in [2.75, 3.05) is 25.6 Å². The van der Waals surface area contributed by atoms with Crippen LogP contribution in [0.2, 0.25) is 0 Å². The molecule has 1 atom stereocenters. The van der Waals surface area contributed by atoms with Crippen molar-refractivity contribution in [3.05, 3.63) is 27.4 Å². The number of halogens is 1. The number of aromatic nitrogens is 1. The predicted molar refractivity (Wildman–Crippen MR) is 115 cm³/mol. The van der Waals surface area contributed by atoms with Crippen LogP contribution in [-0.2, 0) is 20.8 Å². The van der Waals surface area contributed by atoms with Crippen molar-refractivity contribution in [1.29, 1.82) is 0 Å². The molecule has 1 aliphatic heterocycles. The molecule has 0 spiro atoms. The summed E-state index contributed by atoms with van der Waals surface area (Å²) in [7, 11) is 3.55. The molecule has 4 rings (SSSR count). The van der Waals surface area contributed by atoms with Crippen molar-refractivity contribution < 1.29 is 14.3 Å². The minimum Gasteiger partial charge on any atom is -0.467 e. The van der Waals surface area contributed by atoms with E-state index < -0.39 is 11.7 Å². The molecule has 0 saturated heterocycles. The summed E-state index contributed by atoms with van der Waals surface area (Å²) >= 11 is 3.84. The molecule has 1 aliphatic carbocycles. The van der Waals surface area contributed by atoms with Crippen LogP contribution < -0.4 is 4.90 Å². The van der Waals surface area contributed by atoms with E-state index in [0.29, 0.717) is 5.92 Å². The Kier molecular flexibility index (Phi) is 4.78. The first-order valence-corrected chi connectivity index (χ1v) is 10.7. The van der Waals surface area contributed by atoms with Gasteiger partial charge >= 0.3 is 5.97 Å². The summed E-state index contributed by atoms with van der Waals surface area (Å²) < 4.78 is 14.8. The SMILES string of the molecule is COC(=O)[C@@H](OC(C)(C)C)c1c(C)c2c3c(cc(C4CC4)n3CCN2C)c1Br. The topological polar surface area (TPSA) is 43.7 Å². The van der Waals surface area contributed by atoms with Gasteiger partial charge in [0.05, 0.1) is 23.9 Å². The Hall–Kier alpha value is -1.53. The van der Waals surface area contributed by atoms with Crippen LogP contribution in [0.5, 0.6) is 0 Å². The van der Waals surface area contributed by atoms with Crippen molar-refractivity contribution in [2.45, 2.75) is 64.7 Å². The minimum absolute atomic E-state index is 0.370. The van der Waals surface area contributed by atoms with Gasteiger partial charge in [-0.1, -0.05) is 0 Å². The average molecular weight is 449 g/mol. The molecule has 5 nitrogen and oxygen atoms in total. The fraction of sp³-hybridized carbons (Fsp3) is 0.591. The van der Waals surface area contributed by atoms with E-state index in [9.17, 15) is 4.79 Å². The van der Waals surface area contributed by atoms with E-state index in [0.717, 1.165) is 34.1 Å². The van der Waals surface area contributed by atoms with Gasteiger partial charge in [0, 0.05) is 41.3 Å². The summed E-state index contributed by atoms with van der Waals surface area (Å²) in [5, 5.41) is 1.16. The fourth-order valence-corrected chi connectivity index (χ4v) is 5.20. The Morgan fingerprint density at radius 2 is 1.96 bits per heavy atom. The van der Waals surface area contributed by atoms with E-state index in [4.69, 9.17) is 9.47 Å². The van der Waals surface area contributed by atoms with Crippen LogP contribution >= 0.6 is 15.9 Å². The number of hydrogen-bond donors (Lipinski definition) is 0. The first-order valence-electron chi connectivity index (χ1n) is 9.96. The Balaban J connectivity index is 2.00. The summed E-state index contributed by atoms with van der Waals surface area (Å²) in [6, 6.07) is 2.31. The van der Waals surface area contributed by atoms with E-state index in [-0.39, 0.29) is 5.97 Å². The smallest absolute Gasteiger partial charge is 0.339 e. The molecule has 0 unspecified atom stereocenters. The highest BCUT2D eigenvalue weighted by Crippen LogP contribution is 2.49. The number of esters is 1. The van der Waals surface area contributed by atoms with Crippen molar-refractivity contribution in [1.82, 2.24) is 4.57 Å². The third kappa shape index (κ3) is 3.14. The number of anilines is 1. The normalized spacial score (nSPS) is 17.9. The molecule has 0 bridgehead atoms. The largest absolute Gasteiger partial charge is 0.467 e. The first kappa shape index (κ1) is 19.8. The van der Waals surface area contributed by atoms with Gasteiger partial charge in [-0.15, -0.1) is 0 Å². The number of likely N-dealkylation sites (N-methyl/N-ethyl adjacent to an activating group) is 1. The lowest BCUT2D eigenvalue weighted by Gasteiger charge is -2.33. The van der Waals surface area contributed by atoms with Crippen LogP contribution in [0.3, 0.4) is 0 Å². The van der Waals surface area contributed by atoms with Crippen LogP contribution in [0.4, 0.5) is 5.69 Å². The Labute approximate surface area is 175 Å². The molecular weight excluding hydrogens is 420 g/mol. The average Bonchev–Trinajstić information content (AvgIpc) is 3.38. The number of methoxy groups -OCH3 is 1. The lowest BCUT2D eigenvalue weighted by molar-refractivity contribution is -0.164. The highest BCUT2D eigenvalue weighted by Gasteiger charge is 2.37. The second-order valence-corrected chi connectivity index (χ2v) is 9.81. The second kappa shape index (κ2) is 6.77. The molecule has 1 aromatic heterocycles. The molecule has 0 N–H and O–H groups in total. The Bertz CT molecular complexity index is 953. The van der Waals surface area contributed by atoms with Gasteiger partial charge in [-0.2, -0.15) is 0 Å². The van der Waals surface area contributed by atoms with Gasteiger partial charge in [0.2, 0.25) is 0 Å². The van der Waals surface area contributed by atoms with Gasteiger partial charge in [0.1, 0.15) is 0 Å². The summed E-state index contributed by atoms with van der Waals surface area (Å²) in [5.74, 6) is 0.298. The number of carbonyl (C=O) groups is 1. The zero-order valence-electron chi connectivity index (χ0n) is 17.6. The summed E-state index contributed by atoms with van der Waals surface area (Å²) in [4.78, 5) is 15.0. The fourth-order valence-electron chi connectivity index (χ4n) is 4.39. The maximum atomic E-state index is 12.7. The molecule has 152 valence electrons. The van der Waals surface area contributed by atoms with Crippen LogP contribution in [0.25, 0.3) is 10.9 Å². The van der Waals surface area contributed by atoms with Crippen LogP contribution in [-0.4, -0.2) is 36.8 Å². The summed E-state index contributed by atoms with van der Waals surface area (Å²) in [6.07, 6.45) is 1.76. The monoisotopic (exact) mass is 448 g/mol. The second-order valence-electron chi connectivity index (χ2n) is 9.01. The Morgan fingerprint density at radius 3 is 2.54 bits per heavy atom. The van der Waals surface area contributed by atoms with E-state index >= 15 is 0 Å². The van der Waals surface area contributed by atoms with E-state index in [2.05, 4.69) is 45.4 Å². The molecule has 2 aromatic rings. The molecule has 2 aliphatic rings. The lowest BCUT2D eigenvalue weighted by atomic mass is 9.96. The molecule has 1 fully saturated rings. The van der Waals surface area contributed by atoms with Gasteiger partial charge in [0.25, 0.3) is 0 Å². The number of hydrogen-bond acceptors (Lipinski definition) is 4. The van der Waals surface area contributed by atoms with Gasteiger partial charge < -0.3 is 18.9 Å². The third-order valence-electron chi connectivity index (χ3n) is 5.77. The minimum atomic E-state index is -0.775. The molecule has 0 radical (unpaired) electrons. The van der Waals surface area contributed by atoms with Gasteiger partial charge in [-0.05, 0) is 74.0 Å². The number of ether oxygens (including phenoxy) is 2.